The molecule has 0 rings (SSSR count). The van der Waals surface area contributed by atoms with Gasteiger partial charge in [0.15, 0.2) is 0 Å². The first-order valence-electron chi connectivity index (χ1n) is 9.28. The number of hydrogen-bond donors (Lipinski definition) is 1. The van der Waals surface area contributed by atoms with Crippen molar-refractivity contribution in [3.8, 4) is 0 Å². The highest BCUT2D eigenvalue weighted by atomic mass is 16.2. The first-order valence-corrected chi connectivity index (χ1v) is 9.28. The van der Waals surface area contributed by atoms with Crippen LogP contribution in [-0.4, -0.2) is 38.0 Å². The third-order valence-corrected chi connectivity index (χ3v) is 5.34. The molecule has 3 nitrogen and oxygen atoms in total. The zero-order valence-corrected chi connectivity index (χ0v) is 16.2. The molecule has 0 aromatic heterocycles. The summed E-state index contributed by atoms with van der Waals surface area (Å²) in [6, 6.07) is 0. The van der Waals surface area contributed by atoms with Gasteiger partial charge in [-0.25, -0.2) is 0 Å². The first-order chi connectivity index (χ1) is 10.3. The van der Waals surface area contributed by atoms with Crippen molar-refractivity contribution in [2.75, 3.05) is 27.2 Å². The summed E-state index contributed by atoms with van der Waals surface area (Å²) in [6.07, 6.45) is 6.53. The summed E-state index contributed by atoms with van der Waals surface area (Å²) in [5, 5.41) is 3.22. The minimum Gasteiger partial charge on any atom is -0.356 e. The molecule has 0 aliphatic carbocycles. The molecule has 0 aromatic rings. The van der Waals surface area contributed by atoms with Crippen molar-refractivity contribution >= 4 is 5.91 Å². The summed E-state index contributed by atoms with van der Waals surface area (Å²) in [5.74, 6) is 1.40. The van der Waals surface area contributed by atoms with E-state index in [1.165, 1.54) is 12.8 Å². The SMILES string of the molecule is CCC(CC)CC(C)(C(=O)NCCCN(C)C)C(CC)CC. The lowest BCUT2D eigenvalue weighted by Gasteiger charge is -2.38. The standard InChI is InChI=1S/C19H40N2O/c1-8-16(9-2)15-19(5,17(10-3)11-4)18(22)20-13-12-14-21(6)7/h16-17H,8-15H2,1-7H3,(H,20,22). The van der Waals surface area contributed by atoms with Gasteiger partial charge < -0.3 is 10.2 Å². The Morgan fingerprint density at radius 3 is 2.00 bits per heavy atom. The highest BCUT2D eigenvalue weighted by molar-refractivity contribution is 5.82. The molecule has 0 radical (unpaired) electrons. The van der Waals surface area contributed by atoms with Gasteiger partial charge in [0.2, 0.25) is 5.91 Å². The molecule has 1 amide bonds. The molecular formula is C19H40N2O. The zero-order valence-electron chi connectivity index (χ0n) is 16.2. The van der Waals surface area contributed by atoms with Crippen molar-refractivity contribution in [1.29, 1.82) is 0 Å². The van der Waals surface area contributed by atoms with E-state index >= 15 is 0 Å². The number of carbonyl (C=O) groups is 1. The number of carbonyl (C=O) groups excluding carboxylic acids is 1. The molecule has 0 aliphatic heterocycles. The molecule has 3 heteroatoms. The Morgan fingerprint density at radius 2 is 1.59 bits per heavy atom. The average Bonchev–Trinajstić information content (AvgIpc) is 2.49. The molecule has 0 fully saturated rings. The number of nitrogens with one attached hydrogen (secondary N) is 1. The van der Waals surface area contributed by atoms with Crippen molar-refractivity contribution in [1.82, 2.24) is 10.2 Å². The number of rotatable bonds is 12. The fourth-order valence-corrected chi connectivity index (χ4v) is 3.61. The molecule has 0 aromatic carbocycles. The van der Waals surface area contributed by atoms with Gasteiger partial charge in [-0.3, -0.25) is 4.79 Å². The van der Waals surface area contributed by atoms with E-state index in [2.05, 4.69) is 58.9 Å². The molecule has 0 aliphatic rings. The Bertz CT molecular complexity index is 296. The van der Waals surface area contributed by atoms with Crippen molar-refractivity contribution in [2.45, 2.75) is 73.1 Å². The quantitative estimate of drug-likeness (QED) is 0.544. The summed E-state index contributed by atoms with van der Waals surface area (Å²) in [4.78, 5) is 15.1. The molecule has 0 saturated carbocycles. The third kappa shape index (κ3) is 6.68. The zero-order chi connectivity index (χ0) is 17.2. The minimum absolute atomic E-state index is 0.224. The van der Waals surface area contributed by atoms with E-state index in [4.69, 9.17) is 0 Å². The van der Waals surface area contributed by atoms with Crippen molar-refractivity contribution in [3.63, 3.8) is 0 Å². The molecule has 1 unspecified atom stereocenters. The second-order valence-corrected chi connectivity index (χ2v) is 7.23. The summed E-state index contributed by atoms with van der Waals surface area (Å²) in [7, 11) is 4.15. The minimum atomic E-state index is -0.224. The lowest BCUT2D eigenvalue weighted by atomic mass is 9.67. The summed E-state index contributed by atoms with van der Waals surface area (Å²) in [6.45, 7) is 12.9. The van der Waals surface area contributed by atoms with Crippen molar-refractivity contribution < 1.29 is 4.79 Å². The normalized spacial score (nSPS) is 14.6. The molecule has 132 valence electrons. The Morgan fingerprint density at radius 1 is 1.05 bits per heavy atom. The second kappa shape index (κ2) is 11.0. The first kappa shape index (κ1) is 21.4. The fourth-order valence-electron chi connectivity index (χ4n) is 3.61. The Balaban J connectivity index is 4.86. The van der Waals surface area contributed by atoms with Gasteiger partial charge in [0, 0.05) is 12.0 Å². The van der Waals surface area contributed by atoms with Gasteiger partial charge in [-0.2, -0.15) is 0 Å². The molecule has 0 spiro atoms. The van der Waals surface area contributed by atoms with Crippen LogP contribution in [0.1, 0.15) is 73.1 Å². The van der Waals surface area contributed by atoms with Crippen LogP contribution < -0.4 is 5.32 Å². The van der Waals surface area contributed by atoms with Crippen molar-refractivity contribution in [3.05, 3.63) is 0 Å². The maximum absolute atomic E-state index is 12.9. The maximum Gasteiger partial charge on any atom is 0.226 e. The lowest BCUT2D eigenvalue weighted by Crippen LogP contribution is -2.45. The summed E-state index contributed by atoms with van der Waals surface area (Å²) < 4.78 is 0. The number of amides is 1. The molecule has 22 heavy (non-hydrogen) atoms. The monoisotopic (exact) mass is 312 g/mol. The highest BCUT2D eigenvalue weighted by Crippen LogP contribution is 2.40. The third-order valence-electron chi connectivity index (χ3n) is 5.34. The highest BCUT2D eigenvalue weighted by Gasteiger charge is 2.40. The van der Waals surface area contributed by atoms with Crippen LogP contribution in [0.3, 0.4) is 0 Å². The van der Waals surface area contributed by atoms with Gasteiger partial charge in [0.05, 0.1) is 0 Å². The molecule has 1 N–H and O–H groups in total. The predicted octanol–water partition coefficient (Wildman–Crippen LogP) is 4.32. The van der Waals surface area contributed by atoms with E-state index in [0.717, 1.165) is 38.8 Å². The molecule has 0 bridgehead atoms. The van der Waals surface area contributed by atoms with Crippen LogP contribution >= 0.6 is 0 Å². The Hall–Kier alpha value is -0.570. The number of nitrogens with zero attached hydrogens (tertiary/aromatic N) is 1. The predicted molar refractivity (Wildman–Crippen MR) is 97.0 cm³/mol. The van der Waals surface area contributed by atoms with Crippen LogP contribution in [0.25, 0.3) is 0 Å². The van der Waals surface area contributed by atoms with Gasteiger partial charge in [-0.05, 0) is 45.3 Å². The molecule has 0 heterocycles. The van der Waals surface area contributed by atoms with Crippen LogP contribution in [0.4, 0.5) is 0 Å². The van der Waals surface area contributed by atoms with Gasteiger partial charge in [-0.15, -0.1) is 0 Å². The van der Waals surface area contributed by atoms with Crippen LogP contribution in [0, 0.1) is 17.3 Å². The van der Waals surface area contributed by atoms with Crippen LogP contribution in [0.15, 0.2) is 0 Å². The van der Waals surface area contributed by atoms with Crippen LogP contribution in [-0.2, 0) is 4.79 Å². The average molecular weight is 313 g/mol. The van der Waals surface area contributed by atoms with Crippen LogP contribution in [0.2, 0.25) is 0 Å². The van der Waals surface area contributed by atoms with E-state index in [9.17, 15) is 4.79 Å². The smallest absolute Gasteiger partial charge is 0.226 e. The number of hydrogen-bond acceptors (Lipinski definition) is 2. The maximum atomic E-state index is 12.9. The topological polar surface area (TPSA) is 32.3 Å². The summed E-state index contributed by atoms with van der Waals surface area (Å²) >= 11 is 0. The molecular weight excluding hydrogens is 272 g/mol. The van der Waals surface area contributed by atoms with Gasteiger partial charge in [0.1, 0.15) is 0 Å². The summed E-state index contributed by atoms with van der Waals surface area (Å²) in [5.41, 5.74) is -0.224. The van der Waals surface area contributed by atoms with Gasteiger partial charge in [-0.1, -0.05) is 60.3 Å². The Kier molecular flexibility index (Phi) is 10.8. The largest absolute Gasteiger partial charge is 0.356 e. The fraction of sp³-hybridized carbons (Fsp3) is 0.947. The van der Waals surface area contributed by atoms with E-state index in [-0.39, 0.29) is 11.3 Å². The van der Waals surface area contributed by atoms with E-state index < -0.39 is 0 Å². The van der Waals surface area contributed by atoms with Crippen LogP contribution in [0.5, 0.6) is 0 Å². The van der Waals surface area contributed by atoms with Gasteiger partial charge in [0.25, 0.3) is 0 Å². The molecule has 1 atom stereocenters. The Labute approximate surface area is 139 Å². The van der Waals surface area contributed by atoms with Gasteiger partial charge >= 0.3 is 0 Å². The lowest BCUT2D eigenvalue weighted by molar-refractivity contribution is -0.135. The van der Waals surface area contributed by atoms with E-state index in [0.29, 0.717) is 11.8 Å². The van der Waals surface area contributed by atoms with E-state index in [1.807, 2.05) is 0 Å². The molecule has 0 saturated heterocycles. The second-order valence-electron chi connectivity index (χ2n) is 7.23. The van der Waals surface area contributed by atoms with Crippen molar-refractivity contribution in [2.24, 2.45) is 17.3 Å². The van der Waals surface area contributed by atoms with E-state index in [1.54, 1.807) is 0 Å².